The number of nitrogens with one attached hydrogen (secondary N) is 1. The molecule has 10 nitrogen and oxygen atoms in total. The van der Waals surface area contributed by atoms with Gasteiger partial charge in [0, 0.05) is 23.9 Å². The molecule has 0 saturated heterocycles. The molecule has 0 spiro atoms. The Bertz CT molecular complexity index is 1410. The van der Waals surface area contributed by atoms with Crippen LogP contribution in [0.1, 0.15) is 85.0 Å². The van der Waals surface area contributed by atoms with E-state index < -0.39 is 4.92 Å². The van der Waals surface area contributed by atoms with Crippen molar-refractivity contribution in [3.05, 3.63) is 28.3 Å². The van der Waals surface area contributed by atoms with Crippen LogP contribution in [0.3, 0.4) is 0 Å². The lowest BCUT2D eigenvalue weighted by Gasteiger charge is -2.62. The van der Waals surface area contributed by atoms with Crippen LogP contribution in [0.4, 0.5) is 11.4 Å². The number of carbonyl (C=O) groups is 1. The highest BCUT2D eigenvalue weighted by Gasteiger charge is 2.62. The molecule has 0 unspecified atom stereocenters. The summed E-state index contributed by atoms with van der Waals surface area (Å²) >= 11 is 0. The first-order chi connectivity index (χ1) is 19.9. The minimum Gasteiger partial charge on any atom is -0.493 e. The third kappa shape index (κ3) is 4.75. The van der Waals surface area contributed by atoms with E-state index in [2.05, 4.69) is 36.0 Å². The first-order valence-electron chi connectivity index (χ1n) is 15.7. The Morgan fingerprint density at radius 2 is 1.86 bits per heavy atom. The number of aliphatic hydroxyl groups is 2. The van der Waals surface area contributed by atoms with Crippen LogP contribution in [0, 0.1) is 56.5 Å². The van der Waals surface area contributed by atoms with Gasteiger partial charge in [0.15, 0.2) is 5.69 Å². The zero-order valence-electron chi connectivity index (χ0n) is 24.8. The number of aromatic nitrogens is 1. The summed E-state index contributed by atoms with van der Waals surface area (Å²) in [6.07, 6.45) is 8.44. The Kier molecular flexibility index (Phi) is 7.45. The molecular formula is C32H44N4O6. The summed E-state index contributed by atoms with van der Waals surface area (Å²) in [5, 5.41) is 51.4. The maximum atomic E-state index is 12.8. The molecule has 2 aromatic rings. The van der Waals surface area contributed by atoms with Crippen molar-refractivity contribution >= 4 is 28.2 Å². The predicted octanol–water partition coefficient (Wildman–Crippen LogP) is 6.80. The Morgan fingerprint density at radius 3 is 2.62 bits per heavy atom. The van der Waals surface area contributed by atoms with Gasteiger partial charge in [-0.15, -0.1) is 10.2 Å². The molecule has 4 aliphatic carbocycles. The van der Waals surface area contributed by atoms with Crippen molar-refractivity contribution in [2.45, 2.75) is 97.2 Å². The zero-order valence-corrected chi connectivity index (χ0v) is 24.8. The van der Waals surface area contributed by atoms with E-state index in [0.717, 1.165) is 51.4 Å². The first-order valence-corrected chi connectivity index (χ1v) is 15.7. The highest BCUT2D eigenvalue weighted by Crippen LogP contribution is 2.68. The van der Waals surface area contributed by atoms with Gasteiger partial charge in [0.25, 0.3) is 11.6 Å². The van der Waals surface area contributed by atoms with Gasteiger partial charge < -0.3 is 20.3 Å². The van der Waals surface area contributed by atoms with E-state index in [9.17, 15) is 30.2 Å². The number of rotatable bonds is 6. The number of H-pyrrole nitrogens is 1. The number of fused-ring (bicyclic) bond motifs is 6. The molecule has 4 saturated carbocycles. The molecule has 1 aromatic heterocycles. The van der Waals surface area contributed by atoms with Crippen LogP contribution in [0.5, 0.6) is 5.88 Å². The molecule has 42 heavy (non-hydrogen) atoms. The molecule has 0 aliphatic heterocycles. The average Bonchev–Trinajstić information content (AvgIpc) is 3.46. The van der Waals surface area contributed by atoms with Crippen LogP contribution in [-0.4, -0.2) is 43.3 Å². The number of nitrogens with zero attached hydrogens (tertiary/aromatic N) is 3. The van der Waals surface area contributed by atoms with Crippen LogP contribution in [0.15, 0.2) is 28.4 Å². The van der Waals surface area contributed by atoms with Crippen LogP contribution in [0.25, 0.3) is 10.9 Å². The monoisotopic (exact) mass is 580 g/mol. The normalized spacial score (nSPS) is 38.6. The molecule has 4 N–H and O–H groups in total. The number of azo groups is 1. The minimum atomic E-state index is -0.523. The standard InChI is InChI=1S/C32H44N4O6/c1-17(4-9-27(39)34-35-29-21-16-19(36(41)42)5-8-25(21)33-30(29)40)22-6-7-23-28-24(11-13-32(22,23)3)31(2)12-10-20(37)14-18(31)15-26(28)38/h5,8,16-18,20,22-24,26,28,33,37-38,40H,4,6-7,9-15H2,1-3H3/t17-,18-,20-,22+,23-,24-,26+,28-,31-,32+/m0/s1. The van der Waals surface area contributed by atoms with Gasteiger partial charge >= 0.3 is 0 Å². The molecule has 0 bridgehead atoms. The lowest BCUT2D eigenvalue weighted by molar-refractivity contribution is -0.384. The molecule has 1 amide bonds. The number of hydrogen-bond donors (Lipinski definition) is 4. The summed E-state index contributed by atoms with van der Waals surface area (Å²) in [7, 11) is 0. The summed E-state index contributed by atoms with van der Waals surface area (Å²) in [5.41, 5.74) is 0.694. The fraction of sp³-hybridized carbons (Fsp3) is 0.719. The summed E-state index contributed by atoms with van der Waals surface area (Å²) in [6.45, 7) is 7.09. The Balaban J connectivity index is 1.11. The zero-order chi connectivity index (χ0) is 30.0. The van der Waals surface area contributed by atoms with E-state index in [1.165, 1.54) is 18.2 Å². The smallest absolute Gasteiger partial charge is 0.270 e. The lowest BCUT2D eigenvalue weighted by atomic mass is 9.43. The number of aliphatic hydroxyl groups excluding tert-OH is 2. The van der Waals surface area contributed by atoms with Crippen LogP contribution < -0.4 is 0 Å². The van der Waals surface area contributed by atoms with E-state index in [1.807, 2.05) is 0 Å². The van der Waals surface area contributed by atoms with Gasteiger partial charge in [0.05, 0.1) is 22.6 Å². The Hall–Kier alpha value is -2.85. The molecule has 1 aromatic carbocycles. The van der Waals surface area contributed by atoms with Crippen molar-refractivity contribution in [2.75, 3.05) is 0 Å². The summed E-state index contributed by atoms with van der Waals surface area (Å²) in [4.78, 5) is 26.1. The fourth-order valence-electron chi connectivity index (χ4n) is 10.2. The number of aromatic hydroxyl groups is 1. The largest absolute Gasteiger partial charge is 0.493 e. The van der Waals surface area contributed by atoms with Gasteiger partial charge in [-0.2, -0.15) is 0 Å². The number of nitro groups is 1. The van der Waals surface area contributed by atoms with Gasteiger partial charge in [-0.25, -0.2) is 0 Å². The molecule has 0 radical (unpaired) electrons. The number of benzene rings is 1. The topological polar surface area (TPSA) is 161 Å². The minimum absolute atomic E-state index is 0.0208. The highest BCUT2D eigenvalue weighted by atomic mass is 16.6. The quantitative estimate of drug-likeness (QED) is 0.167. The second-order valence-electron chi connectivity index (χ2n) is 14.4. The summed E-state index contributed by atoms with van der Waals surface area (Å²) < 4.78 is 0. The third-order valence-corrected chi connectivity index (χ3v) is 12.4. The number of hydrogen-bond acceptors (Lipinski definition) is 7. The van der Waals surface area contributed by atoms with Crippen molar-refractivity contribution in [1.82, 2.24) is 4.98 Å². The predicted molar refractivity (Wildman–Crippen MR) is 157 cm³/mol. The van der Waals surface area contributed by atoms with Crippen molar-refractivity contribution in [1.29, 1.82) is 0 Å². The first kappa shape index (κ1) is 29.2. The van der Waals surface area contributed by atoms with Gasteiger partial charge in [-0.3, -0.25) is 14.9 Å². The molecule has 6 rings (SSSR count). The van der Waals surface area contributed by atoms with E-state index in [-0.39, 0.29) is 52.6 Å². The molecule has 10 atom stereocenters. The Morgan fingerprint density at radius 1 is 1.12 bits per heavy atom. The highest BCUT2D eigenvalue weighted by molar-refractivity contribution is 5.95. The van der Waals surface area contributed by atoms with Crippen molar-refractivity contribution in [3.8, 4) is 5.88 Å². The fourth-order valence-corrected chi connectivity index (χ4v) is 10.2. The third-order valence-electron chi connectivity index (χ3n) is 12.4. The van der Waals surface area contributed by atoms with Crippen LogP contribution >= 0.6 is 0 Å². The van der Waals surface area contributed by atoms with E-state index in [4.69, 9.17) is 0 Å². The summed E-state index contributed by atoms with van der Waals surface area (Å²) in [5.74, 6) is 1.82. The van der Waals surface area contributed by atoms with Crippen LogP contribution in [-0.2, 0) is 4.79 Å². The SMILES string of the molecule is C[C@@H](CCC(=O)N=Nc1c(O)[nH]c2ccc([N+](=O)[O-])cc12)[C@H]1CC[C@H]2[C@@H]3[C@H](O)C[C@@H]4C[C@@H](O)CC[C@]4(C)[C@H]3CC[C@]12C. The second kappa shape index (κ2) is 10.7. The number of non-ortho nitro benzene ring substituents is 1. The van der Waals surface area contributed by atoms with Crippen LogP contribution in [0.2, 0.25) is 0 Å². The molecule has 4 fully saturated rings. The number of aromatic amines is 1. The van der Waals surface area contributed by atoms with Gasteiger partial charge in [0.2, 0.25) is 5.88 Å². The van der Waals surface area contributed by atoms with Crippen molar-refractivity contribution in [2.24, 2.45) is 56.6 Å². The van der Waals surface area contributed by atoms with Crippen molar-refractivity contribution < 1.29 is 25.0 Å². The van der Waals surface area contributed by atoms with E-state index in [1.54, 1.807) is 0 Å². The molecule has 4 aliphatic rings. The molecule has 1 heterocycles. The van der Waals surface area contributed by atoms with Gasteiger partial charge in [-0.05, 0) is 110 Å². The van der Waals surface area contributed by atoms with Gasteiger partial charge in [0.1, 0.15) is 0 Å². The van der Waals surface area contributed by atoms with Crippen molar-refractivity contribution in [3.63, 3.8) is 0 Å². The average molecular weight is 581 g/mol. The maximum absolute atomic E-state index is 12.8. The lowest BCUT2D eigenvalue weighted by Crippen LogP contribution is -2.58. The van der Waals surface area contributed by atoms with E-state index in [0.29, 0.717) is 52.8 Å². The van der Waals surface area contributed by atoms with Gasteiger partial charge in [-0.1, -0.05) is 20.8 Å². The summed E-state index contributed by atoms with van der Waals surface area (Å²) in [6, 6.07) is 4.13. The second-order valence-corrected chi connectivity index (χ2v) is 14.4. The molecule has 10 heteroatoms. The Labute approximate surface area is 246 Å². The molecular weight excluding hydrogens is 536 g/mol. The number of nitro benzene ring substituents is 1. The van der Waals surface area contributed by atoms with E-state index >= 15 is 0 Å². The maximum Gasteiger partial charge on any atom is 0.270 e. The molecule has 228 valence electrons. The number of carbonyl (C=O) groups excluding carboxylic acids is 1. The number of amides is 1.